The van der Waals surface area contributed by atoms with Crippen LogP contribution in [0.1, 0.15) is 6.42 Å². The number of amidine groups is 1. The van der Waals surface area contributed by atoms with Crippen LogP contribution < -0.4 is 4.90 Å². The lowest BCUT2D eigenvalue weighted by Crippen LogP contribution is -3.06. The number of rotatable bonds is 2. The van der Waals surface area contributed by atoms with Crippen LogP contribution in [0.4, 0.5) is 0 Å². The van der Waals surface area contributed by atoms with Crippen LogP contribution in [-0.2, 0) is 10.1 Å². The van der Waals surface area contributed by atoms with E-state index in [2.05, 4.69) is 4.99 Å². The second-order valence-corrected chi connectivity index (χ2v) is 4.16. The molecule has 1 aliphatic rings. The maximum Gasteiger partial charge on any atom is 0.208 e. The SMILES string of the molecule is CS(=O)(=O)[O-].C[NH+]1C=CN=C1CCO. The molecule has 1 atom stereocenters. The number of hydrogen-bond donors (Lipinski definition) is 2. The van der Waals surface area contributed by atoms with Gasteiger partial charge in [-0.1, -0.05) is 0 Å². The van der Waals surface area contributed by atoms with Gasteiger partial charge in [-0.2, -0.15) is 0 Å². The summed E-state index contributed by atoms with van der Waals surface area (Å²) >= 11 is 0. The molecule has 1 aliphatic heterocycles. The molecule has 6 nitrogen and oxygen atoms in total. The first-order valence-corrected chi connectivity index (χ1v) is 5.75. The molecule has 0 bridgehead atoms. The van der Waals surface area contributed by atoms with Gasteiger partial charge in [0.25, 0.3) is 0 Å². The normalized spacial score (nSPS) is 20.0. The Labute approximate surface area is 83.3 Å². The molecule has 2 N–H and O–H groups in total. The molecule has 0 spiro atoms. The molecule has 1 heterocycles. The molecule has 0 fully saturated rings. The van der Waals surface area contributed by atoms with Crippen molar-refractivity contribution in [2.75, 3.05) is 19.9 Å². The van der Waals surface area contributed by atoms with Gasteiger partial charge in [0.15, 0.2) is 0 Å². The van der Waals surface area contributed by atoms with Gasteiger partial charge in [0.2, 0.25) is 5.84 Å². The Morgan fingerprint density at radius 3 is 2.43 bits per heavy atom. The molecular formula is C7H14N2O4S. The average Bonchev–Trinajstić information content (AvgIpc) is 2.34. The first-order valence-electron chi connectivity index (χ1n) is 3.93. The van der Waals surface area contributed by atoms with E-state index in [1.807, 2.05) is 13.2 Å². The average molecular weight is 222 g/mol. The molecule has 0 aromatic carbocycles. The van der Waals surface area contributed by atoms with E-state index in [0.29, 0.717) is 12.7 Å². The highest BCUT2D eigenvalue weighted by Gasteiger charge is 2.11. The molecule has 14 heavy (non-hydrogen) atoms. The first kappa shape index (κ1) is 13.2. The zero-order valence-corrected chi connectivity index (χ0v) is 8.91. The van der Waals surface area contributed by atoms with Crippen molar-refractivity contribution in [3.63, 3.8) is 0 Å². The van der Waals surface area contributed by atoms with Crippen LogP contribution in [0.25, 0.3) is 0 Å². The second-order valence-electron chi connectivity index (χ2n) is 2.75. The third kappa shape index (κ3) is 7.87. The van der Waals surface area contributed by atoms with Crippen molar-refractivity contribution in [1.29, 1.82) is 0 Å². The first-order chi connectivity index (χ1) is 6.34. The maximum atomic E-state index is 9.08. The highest BCUT2D eigenvalue weighted by molar-refractivity contribution is 7.84. The van der Waals surface area contributed by atoms with Gasteiger partial charge in [-0.25, -0.2) is 13.4 Å². The van der Waals surface area contributed by atoms with E-state index in [9.17, 15) is 0 Å². The van der Waals surface area contributed by atoms with Crippen LogP contribution in [0.5, 0.6) is 0 Å². The summed E-state index contributed by atoms with van der Waals surface area (Å²) in [6, 6.07) is 0. The van der Waals surface area contributed by atoms with Gasteiger partial charge in [-0.3, -0.25) is 4.90 Å². The van der Waals surface area contributed by atoms with Crippen molar-refractivity contribution in [2.24, 2.45) is 4.99 Å². The fourth-order valence-electron chi connectivity index (χ4n) is 0.805. The van der Waals surface area contributed by atoms with Crippen LogP contribution in [0.3, 0.4) is 0 Å². The second kappa shape index (κ2) is 5.86. The highest BCUT2D eigenvalue weighted by Crippen LogP contribution is 1.84. The summed E-state index contributed by atoms with van der Waals surface area (Å²) in [5.41, 5.74) is 0. The van der Waals surface area contributed by atoms with E-state index in [1.54, 1.807) is 6.20 Å². The quantitative estimate of drug-likeness (QED) is 0.525. The lowest BCUT2D eigenvalue weighted by molar-refractivity contribution is -0.719. The largest absolute Gasteiger partial charge is 0.748 e. The van der Waals surface area contributed by atoms with E-state index >= 15 is 0 Å². The molecule has 0 saturated heterocycles. The molecule has 0 saturated carbocycles. The third-order valence-electron chi connectivity index (χ3n) is 1.36. The third-order valence-corrected chi connectivity index (χ3v) is 1.36. The molecule has 1 rings (SSSR count). The molecule has 0 amide bonds. The summed E-state index contributed by atoms with van der Waals surface area (Å²) in [7, 11) is -1.92. The summed E-state index contributed by atoms with van der Waals surface area (Å²) in [6.07, 6.45) is 5.00. The zero-order valence-electron chi connectivity index (χ0n) is 8.10. The van der Waals surface area contributed by atoms with Gasteiger partial charge < -0.3 is 9.66 Å². The lowest BCUT2D eigenvalue weighted by Gasteiger charge is -2.02. The summed E-state index contributed by atoms with van der Waals surface area (Å²) in [5.74, 6) is 1.01. The van der Waals surface area contributed by atoms with Crippen molar-refractivity contribution >= 4 is 16.0 Å². The Morgan fingerprint density at radius 2 is 2.14 bits per heavy atom. The fraction of sp³-hybridized carbons (Fsp3) is 0.571. The van der Waals surface area contributed by atoms with Crippen molar-refractivity contribution in [3.05, 3.63) is 12.4 Å². The highest BCUT2D eigenvalue weighted by atomic mass is 32.2. The fourth-order valence-corrected chi connectivity index (χ4v) is 0.805. The van der Waals surface area contributed by atoms with E-state index in [1.165, 1.54) is 4.90 Å². The van der Waals surface area contributed by atoms with Gasteiger partial charge >= 0.3 is 0 Å². The predicted molar refractivity (Wildman–Crippen MR) is 50.8 cm³/mol. The van der Waals surface area contributed by atoms with E-state index in [0.717, 1.165) is 5.84 Å². The predicted octanol–water partition coefficient (Wildman–Crippen LogP) is -2.07. The minimum atomic E-state index is -3.92. The summed E-state index contributed by atoms with van der Waals surface area (Å²) in [4.78, 5) is 5.22. The summed E-state index contributed by atoms with van der Waals surface area (Å²) in [5, 5.41) is 8.52. The van der Waals surface area contributed by atoms with Gasteiger partial charge in [0.05, 0.1) is 36.4 Å². The topological polar surface area (TPSA) is 94.2 Å². The Hall–Kier alpha value is -0.760. The number of hydrogen-bond acceptors (Lipinski definition) is 5. The maximum absolute atomic E-state index is 9.08. The molecule has 0 aliphatic carbocycles. The molecular weight excluding hydrogens is 208 g/mol. The standard InChI is InChI=1S/C6H10N2O.CH4O3S/c1-8-4-3-7-6(8)2-5-9;1-5(2,3)4/h3-4,9H,2,5H2,1H3;1H3,(H,2,3,4). The summed E-state index contributed by atoms with van der Waals surface area (Å²) < 4.78 is 27.2. The van der Waals surface area contributed by atoms with Crippen LogP contribution in [0, 0.1) is 0 Å². The number of nitrogens with zero attached hydrogens (tertiary/aromatic N) is 1. The van der Waals surface area contributed by atoms with Gasteiger partial charge in [-0.05, 0) is 0 Å². The van der Waals surface area contributed by atoms with Crippen LogP contribution in [0.2, 0.25) is 0 Å². The monoisotopic (exact) mass is 222 g/mol. The molecule has 0 aromatic rings. The van der Waals surface area contributed by atoms with Crippen LogP contribution in [0.15, 0.2) is 17.4 Å². The lowest BCUT2D eigenvalue weighted by atomic mass is 10.4. The zero-order chi connectivity index (χ0) is 11.2. The van der Waals surface area contributed by atoms with E-state index in [4.69, 9.17) is 18.1 Å². The van der Waals surface area contributed by atoms with Gasteiger partial charge in [-0.15, -0.1) is 0 Å². The van der Waals surface area contributed by atoms with Gasteiger partial charge in [0, 0.05) is 6.26 Å². The summed E-state index contributed by atoms with van der Waals surface area (Å²) in [6.45, 7) is 0.192. The van der Waals surface area contributed by atoms with Crippen molar-refractivity contribution in [1.82, 2.24) is 0 Å². The Morgan fingerprint density at radius 1 is 1.64 bits per heavy atom. The number of aliphatic hydroxyl groups is 1. The van der Waals surface area contributed by atoms with E-state index < -0.39 is 10.1 Å². The van der Waals surface area contributed by atoms with E-state index in [-0.39, 0.29) is 6.61 Å². The smallest absolute Gasteiger partial charge is 0.208 e. The number of aliphatic hydroxyl groups excluding tert-OH is 1. The van der Waals surface area contributed by atoms with Crippen molar-refractivity contribution in [2.45, 2.75) is 6.42 Å². The minimum absolute atomic E-state index is 0.192. The number of aliphatic imine (C=N–C) groups is 1. The number of nitrogens with one attached hydrogen (secondary N) is 1. The molecule has 1 unspecified atom stereocenters. The molecule has 0 radical (unpaired) electrons. The van der Waals surface area contributed by atoms with Crippen LogP contribution in [-0.4, -0.2) is 43.8 Å². The van der Waals surface area contributed by atoms with Crippen LogP contribution >= 0.6 is 0 Å². The molecule has 0 aromatic heterocycles. The van der Waals surface area contributed by atoms with Gasteiger partial charge in [0.1, 0.15) is 6.20 Å². The van der Waals surface area contributed by atoms with Crippen molar-refractivity contribution < 1.29 is 23.0 Å². The molecule has 82 valence electrons. The Kier molecular flexibility index (Phi) is 5.55. The Bertz CT molecular complexity index is 313. The minimum Gasteiger partial charge on any atom is -0.748 e. The van der Waals surface area contributed by atoms with Crippen molar-refractivity contribution in [3.8, 4) is 0 Å². The number of quaternary nitrogens is 1. The Balaban J connectivity index is 0.000000292. The molecule has 7 heteroatoms.